The van der Waals surface area contributed by atoms with Gasteiger partial charge in [-0.2, -0.15) is 0 Å². The zero-order valence-corrected chi connectivity index (χ0v) is 20.8. The monoisotopic (exact) mass is 475 g/mol. The highest BCUT2D eigenvalue weighted by Crippen LogP contribution is 2.57. The first-order valence-corrected chi connectivity index (χ1v) is 13.2. The van der Waals surface area contributed by atoms with Crippen LogP contribution in [0.3, 0.4) is 0 Å². The molecular formula is C29H37N3O3. The number of hydrogen-bond acceptors (Lipinski definition) is 4. The number of aromatic nitrogens is 1. The van der Waals surface area contributed by atoms with E-state index in [-0.39, 0.29) is 28.6 Å². The smallest absolute Gasteiger partial charge is 0.230 e. The van der Waals surface area contributed by atoms with Crippen LogP contribution in [0, 0.1) is 16.7 Å². The second-order valence-electron chi connectivity index (χ2n) is 11.0. The van der Waals surface area contributed by atoms with Crippen LogP contribution in [-0.4, -0.2) is 30.5 Å². The van der Waals surface area contributed by atoms with Crippen LogP contribution in [0.5, 0.6) is 5.88 Å². The van der Waals surface area contributed by atoms with Gasteiger partial charge in [0.15, 0.2) is 0 Å². The number of ether oxygens (including phenoxy) is 1. The largest absolute Gasteiger partial charge is 0.481 e. The Morgan fingerprint density at radius 2 is 1.69 bits per heavy atom. The number of benzene rings is 1. The van der Waals surface area contributed by atoms with Crippen LogP contribution in [-0.2, 0) is 9.59 Å². The Labute approximate surface area is 208 Å². The van der Waals surface area contributed by atoms with Gasteiger partial charge in [-0.1, -0.05) is 31.4 Å². The molecule has 0 radical (unpaired) electrons. The second kappa shape index (κ2) is 9.63. The van der Waals surface area contributed by atoms with Crippen LogP contribution in [0.25, 0.3) is 11.1 Å². The van der Waals surface area contributed by atoms with Crippen molar-refractivity contribution < 1.29 is 14.3 Å². The minimum absolute atomic E-state index is 0.0669. The highest BCUT2D eigenvalue weighted by molar-refractivity contribution is 5.96. The van der Waals surface area contributed by atoms with Crippen molar-refractivity contribution in [2.45, 2.75) is 70.6 Å². The Morgan fingerprint density at radius 1 is 1.00 bits per heavy atom. The van der Waals surface area contributed by atoms with Gasteiger partial charge in [0.05, 0.1) is 7.11 Å². The molecule has 1 heterocycles. The van der Waals surface area contributed by atoms with Crippen LogP contribution < -0.4 is 15.4 Å². The number of carbonyl (C=O) groups excluding carboxylic acids is 2. The molecule has 2 amide bonds. The maximum Gasteiger partial charge on any atom is 0.230 e. The summed E-state index contributed by atoms with van der Waals surface area (Å²) in [5.41, 5.74) is 8.56. The molecule has 2 aromatic rings. The van der Waals surface area contributed by atoms with Gasteiger partial charge in [-0.15, -0.1) is 0 Å². The highest BCUT2D eigenvalue weighted by atomic mass is 16.5. The van der Waals surface area contributed by atoms with Crippen LogP contribution in [0.1, 0.15) is 70.6 Å². The molecule has 6 heteroatoms. The van der Waals surface area contributed by atoms with Crippen LogP contribution in [0.4, 0.5) is 5.69 Å². The summed E-state index contributed by atoms with van der Waals surface area (Å²) in [6, 6.07) is 12.2. The fraction of sp³-hybridized carbons (Fsp3) is 0.552. The molecule has 35 heavy (non-hydrogen) atoms. The van der Waals surface area contributed by atoms with Crippen LogP contribution in [0.2, 0.25) is 0 Å². The van der Waals surface area contributed by atoms with Gasteiger partial charge in [-0.05, 0) is 86.1 Å². The summed E-state index contributed by atoms with van der Waals surface area (Å²) < 4.78 is 5.32. The van der Waals surface area contributed by atoms with E-state index in [1.807, 2.05) is 18.2 Å². The third-order valence-corrected chi connectivity index (χ3v) is 9.07. The van der Waals surface area contributed by atoms with Gasteiger partial charge in [-0.25, -0.2) is 4.98 Å². The fourth-order valence-corrected chi connectivity index (χ4v) is 6.63. The number of nitrogens with two attached hydrogens (primary N) is 1. The molecule has 2 bridgehead atoms. The van der Waals surface area contributed by atoms with E-state index in [1.165, 1.54) is 6.42 Å². The molecule has 1 aromatic carbocycles. The van der Waals surface area contributed by atoms with Gasteiger partial charge in [0.25, 0.3) is 0 Å². The molecular weight excluding hydrogens is 438 g/mol. The topological polar surface area (TPSA) is 85.5 Å². The molecule has 0 aliphatic heterocycles. The van der Waals surface area contributed by atoms with Crippen molar-refractivity contribution in [1.29, 1.82) is 0 Å². The molecule has 186 valence electrons. The molecule has 4 saturated carbocycles. The van der Waals surface area contributed by atoms with E-state index in [9.17, 15) is 9.59 Å². The lowest BCUT2D eigenvalue weighted by molar-refractivity contribution is -0.137. The first-order chi connectivity index (χ1) is 16.9. The van der Waals surface area contributed by atoms with Gasteiger partial charge in [0.2, 0.25) is 17.7 Å². The number of amides is 2. The summed E-state index contributed by atoms with van der Waals surface area (Å²) in [6.45, 7) is 0.723. The van der Waals surface area contributed by atoms with Gasteiger partial charge in [0.1, 0.15) is 0 Å². The number of carbonyl (C=O) groups is 2. The van der Waals surface area contributed by atoms with Crippen molar-refractivity contribution in [2.24, 2.45) is 22.5 Å². The third kappa shape index (κ3) is 4.67. The van der Waals surface area contributed by atoms with Crippen molar-refractivity contribution in [1.82, 2.24) is 4.98 Å². The number of nitrogens with zero attached hydrogens (tertiary/aromatic N) is 2. The molecule has 2 N–H and O–H groups in total. The summed E-state index contributed by atoms with van der Waals surface area (Å²) >= 11 is 0. The molecule has 0 unspecified atom stereocenters. The number of pyridine rings is 1. The van der Waals surface area contributed by atoms with Crippen molar-refractivity contribution in [3.05, 3.63) is 42.6 Å². The molecule has 6 nitrogen and oxygen atoms in total. The van der Waals surface area contributed by atoms with E-state index >= 15 is 0 Å². The van der Waals surface area contributed by atoms with Crippen molar-refractivity contribution in [3.63, 3.8) is 0 Å². The van der Waals surface area contributed by atoms with Crippen LogP contribution >= 0.6 is 0 Å². The summed E-state index contributed by atoms with van der Waals surface area (Å²) in [5.74, 6) is 0.799. The number of primary amides is 1. The van der Waals surface area contributed by atoms with Crippen molar-refractivity contribution >= 4 is 17.5 Å². The number of fused-ring (bicyclic) bond motifs is 3. The Hall–Kier alpha value is -2.89. The SMILES string of the molecule is COc1cc(-c2cccc(N(CC34CCC(C(N)=O)(CC3)CC4)C(=O)C3CCCCC3)c2)ccn1. The Morgan fingerprint density at radius 3 is 2.34 bits per heavy atom. The summed E-state index contributed by atoms with van der Waals surface area (Å²) in [7, 11) is 1.62. The molecule has 0 spiro atoms. The summed E-state index contributed by atoms with van der Waals surface area (Å²) in [6.07, 6.45) is 12.6. The van der Waals surface area contributed by atoms with E-state index in [2.05, 4.69) is 28.1 Å². The maximum atomic E-state index is 14.0. The predicted molar refractivity (Wildman–Crippen MR) is 137 cm³/mol. The first-order valence-electron chi connectivity index (χ1n) is 13.2. The van der Waals surface area contributed by atoms with E-state index in [1.54, 1.807) is 13.3 Å². The second-order valence-corrected chi connectivity index (χ2v) is 11.0. The molecule has 4 aliphatic carbocycles. The normalized spacial score (nSPS) is 26.3. The van der Waals surface area contributed by atoms with E-state index in [0.29, 0.717) is 5.88 Å². The average molecular weight is 476 g/mol. The number of rotatable bonds is 7. The minimum Gasteiger partial charge on any atom is -0.481 e. The zero-order chi connectivity index (χ0) is 24.5. The summed E-state index contributed by atoms with van der Waals surface area (Å²) in [5, 5.41) is 0. The number of hydrogen-bond donors (Lipinski definition) is 1. The maximum absolute atomic E-state index is 14.0. The van der Waals surface area contributed by atoms with Crippen molar-refractivity contribution in [2.75, 3.05) is 18.6 Å². The Balaban J connectivity index is 1.46. The molecule has 4 fully saturated rings. The molecule has 4 aliphatic rings. The standard InChI is InChI=1S/C29H37N3O3/c1-35-25-19-23(10-17-31-25)22-8-5-9-24(18-22)32(26(33)21-6-3-2-4-7-21)20-28-11-14-29(15-12-28,16-13-28)27(30)34/h5,8-10,17-19,21H,2-4,6-7,11-16,20H2,1H3,(H2,30,34). The van der Waals surface area contributed by atoms with Gasteiger partial charge >= 0.3 is 0 Å². The quantitative estimate of drug-likeness (QED) is 0.573. The lowest BCUT2D eigenvalue weighted by atomic mass is 9.53. The number of methoxy groups -OCH3 is 1. The minimum atomic E-state index is -0.319. The Bertz CT molecular complexity index is 1070. The summed E-state index contributed by atoms with van der Waals surface area (Å²) in [4.78, 5) is 32.5. The van der Waals surface area contributed by atoms with Gasteiger partial charge in [-0.3, -0.25) is 9.59 Å². The van der Waals surface area contributed by atoms with Crippen LogP contribution in [0.15, 0.2) is 42.6 Å². The third-order valence-electron chi connectivity index (χ3n) is 9.07. The lowest BCUT2D eigenvalue weighted by Gasteiger charge is -2.53. The zero-order valence-electron chi connectivity index (χ0n) is 20.8. The fourth-order valence-electron chi connectivity index (χ4n) is 6.63. The molecule has 0 atom stereocenters. The number of anilines is 1. The molecule has 6 rings (SSSR count). The van der Waals surface area contributed by atoms with Gasteiger partial charge < -0.3 is 15.4 Å². The van der Waals surface area contributed by atoms with Gasteiger partial charge in [0, 0.05) is 35.8 Å². The van der Waals surface area contributed by atoms with E-state index in [0.717, 1.165) is 87.6 Å². The van der Waals surface area contributed by atoms with E-state index in [4.69, 9.17) is 10.5 Å². The lowest BCUT2D eigenvalue weighted by Crippen LogP contribution is -2.53. The highest BCUT2D eigenvalue weighted by Gasteiger charge is 2.52. The van der Waals surface area contributed by atoms with E-state index < -0.39 is 0 Å². The Kier molecular flexibility index (Phi) is 6.56. The molecule has 0 saturated heterocycles. The molecule has 1 aromatic heterocycles. The van der Waals surface area contributed by atoms with Crippen molar-refractivity contribution in [3.8, 4) is 17.0 Å². The first kappa shape index (κ1) is 23.8. The predicted octanol–water partition coefficient (Wildman–Crippen LogP) is 5.50. The average Bonchev–Trinajstić information content (AvgIpc) is 2.93.